The molecule has 0 aliphatic carbocycles. The summed E-state index contributed by atoms with van der Waals surface area (Å²) in [6.45, 7) is 7.87. The van der Waals surface area contributed by atoms with Crippen LogP contribution in [0, 0.1) is 6.92 Å². The number of anilines is 2. The second kappa shape index (κ2) is 7.67. The first-order chi connectivity index (χ1) is 10.2. The van der Waals surface area contributed by atoms with Gasteiger partial charge in [-0.3, -0.25) is 0 Å². The minimum atomic E-state index is 0.629. The first kappa shape index (κ1) is 15.4. The van der Waals surface area contributed by atoms with E-state index >= 15 is 0 Å². The summed E-state index contributed by atoms with van der Waals surface area (Å²) in [5, 5.41) is 6.73. The van der Waals surface area contributed by atoms with Gasteiger partial charge in [0.25, 0.3) is 0 Å². The van der Waals surface area contributed by atoms with Gasteiger partial charge in [-0.25, -0.2) is 9.97 Å². The number of rotatable bonds is 8. The maximum absolute atomic E-state index is 5.35. The minimum absolute atomic E-state index is 0.629. The van der Waals surface area contributed by atoms with Crippen LogP contribution in [-0.4, -0.2) is 16.5 Å². The second-order valence-electron chi connectivity index (χ2n) is 5.07. The predicted molar refractivity (Wildman–Crippen MR) is 85.6 cm³/mol. The summed E-state index contributed by atoms with van der Waals surface area (Å²) in [4.78, 5) is 9.25. The third-order valence-corrected chi connectivity index (χ3v) is 3.22. The maximum Gasteiger partial charge on any atom is 0.135 e. The number of nitrogens with one attached hydrogen (secondary N) is 2. The van der Waals surface area contributed by atoms with Crippen molar-refractivity contribution in [2.75, 3.05) is 17.2 Å². The molecule has 0 unspecified atom stereocenters. The molecule has 2 aromatic rings. The van der Waals surface area contributed by atoms with Crippen LogP contribution in [0.2, 0.25) is 0 Å². The van der Waals surface area contributed by atoms with Gasteiger partial charge >= 0.3 is 0 Å². The topological polar surface area (TPSA) is 63.0 Å². The van der Waals surface area contributed by atoms with E-state index in [1.165, 1.54) is 0 Å². The van der Waals surface area contributed by atoms with Gasteiger partial charge in [-0.05, 0) is 31.9 Å². The van der Waals surface area contributed by atoms with Crippen molar-refractivity contribution >= 4 is 11.6 Å². The fraction of sp³-hybridized carbons (Fsp3) is 0.500. The van der Waals surface area contributed by atoms with E-state index in [0.29, 0.717) is 6.54 Å². The zero-order valence-corrected chi connectivity index (χ0v) is 13.1. The highest BCUT2D eigenvalue weighted by Crippen LogP contribution is 2.21. The number of furan rings is 1. The van der Waals surface area contributed by atoms with Crippen molar-refractivity contribution in [3.8, 4) is 0 Å². The van der Waals surface area contributed by atoms with Crippen LogP contribution in [0.15, 0.2) is 22.8 Å². The lowest BCUT2D eigenvalue weighted by Gasteiger charge is -2.14. The average molecular weight is 288 g/mol. The van der Waals surface area contributed by atoms with E-state index in [1.54, 1.807) is 6.26 Å². The molecule has 5 nitrogen and oxygen atoms in total. The van der Waals surface area contributed by atoms with Gasteiger partial charge in [-0.15, -0.1) is 0 Å². The highest BCUT2D eigenvalue weighted by Gasteiger charge is 2.10. The molecule has 5 heteroatoms. The van der Waals surface area contributed by atoms with Crippen LogP contribution in [-0.2, 0) is 13.0 Å². The van der Waals surface area contributed by atoms with Crippen LogP contribution in [0.1, 0.15) is 43.8 Å². The van der Waals surface area contributed by atoms with Crippen LogP contribution in [0.4, 0.5) is 11.6 Å². The number of hydrogen-bond acceptors (Lipinski definition) is 5. The first-order valence-corrected chi connectivity index (χ1v) is 7.62. The van der Waals surface area contributed by atoms with Gasteiger partial charge in [-0.1, -0.05) is 13.8 Å². The Kier molecular flexibility index (Phi) is 5.60. The lowest BCUT2D eigenvalue weighted by molar-refractivity contribution is 0.517. The molecular formula is C16H24N4O. The summed E-state index contributed by atoms with van der Waals surface area (Å²) in [6.07, 6.45) is 4.67. The molecule has 0 radical (unpaired) electrons. The number of hydrogen-bond donors (Lipinski definition) is 2. The van der Waals surface area contributed by atoms with Crippen LogP contribution < -0.4 is 10.6 Å². The molecule has 2 rings (SSSR count). The van der Waals surface area contributed by atoms with Crippen LogP contribution in [0.5, 0.6) is 0 Å². The van der Waals surface area contributed by atoms with E-state index < -0.39 is 0 Å². The number of nitrogens with zero attached hydrogens (tertiary/aromatic N) is 2. The van der Waals surface area contributed by atoms with Crippen LogP contribution in [0.25, 0.3) is 0 Å². The highest BCUT2D eigenvalue weighted by molar-refractivity contribution is 5.57. The van der Waals surface area contributed by atoms with Crippen molar-refractivity contribution in [2.45, 2.75) is 46.6 Å². The molecule has 21 heavy (non-hydrogen) atoms. The van der Waals surface area contributed by atoms with Gasteiger partial charge in [0, 0.05) is 18.5 Å². The molecule has 0 fully saturated rings. The van der Waals surface area contributed by atoms with Crippen LogP contribution in [0.3, 0.4) is 0 Å². The molecular weight excluding hydrogens is 264 g/mol. The first-order valence-electron chi connectivity index (χ1n) is 7.62. The summed E-state index contributed by atoms with van der Waals surface area (Å²) in [7, 11) is 0. The molecule has 0 atom stereocenters. The summed E-state index contributed by atoms with van der Waals surface area (Å²) in [5.41, 5.74) is 1.05. The van der Waals surface area contributed by atoms with E-state index in [4.69, 9.17) is 4.42 Å². The van der Waals surface area contributed by atoms with Gasteiger partial charge in [0.05, 0.1) is 12.8 Å². The number of aromatic nitrogens is 2. The summed E-state index contributed by atoms with van der Waals surface area (Å²) < 4.78 is 5.35. The lowest BCUT2D eigenvalue weighted by Crippen LogP contribution is -2.11. The zero-order valence-electron chi connectivity index (χ0n) is 13.1. The Morgan fingerprint density at radius 2 is 1.86 bits per heavy atom. The minimum Gasteiger partial charge on any atom is -0.467 e. The molecule has 0 spiro atoms. The largest absolute Gasteiger partial charge is 0.467 e. The molecule has 0 bridgehead atoms. The Morgan fingerprint density at radius 1 is 1.10 bits per heavy atom. The van der Waals surface area contributed by atoms with E-state index in [2.05, 4.69) is 34.4 Å². The molecule has 2 N–H and O–H groups in total. The molecule has 0 aromatic carbocycles. The fourth-order valence-corrected chi connectivity index (χ4v) is 2.07. The third-order valence-electron chi connectivity index (χ3n) is 3.22. The Morgan fingerprint density at radius 3 is 2.48 bits per heavy atom. The molecule has 0 saturated carbocycles. The zero-order chi connectivity index (χ0) is 15.1. The van der Waals surface area contributed by atoms with Gasteiger partial charge in [-0.2, -0.15) is 0 Å². The molecule has 2 aromatic heterocycles. The van der Waals surface area contributed by atoms with E-state index in [1.807, 2.05) is 19.1 Å². The number of aryl methyl sites for hydroxylation is 1. The summed E-state index contributed by atoms with van der Waals surface area (Å²) >= 11 is 0. The van der Waals surface area contributed by atoms with Crippen molar-refractivity contribution in [3.63, 3.8) is 0 Å². The van der Waals surface area contributed by atoms with Gasteiger partial charge < -0.3 is 15.1 Å². The molecule has 0 saturated heterocycles. The lowest BCUT2D eigenvalue weighted by atomic mass is 10.2. The molecule has 0 amide bonds. The quantitative estimate of drug-likeness (QED) is 0.774. The van der Waals surface area contributed by atoms with Crippen molar-refractivity contribution < 1.29 is 4.42 Å². The van der Waals surface area contributed by atoms with Crippen molar-refractivity contribution in [1.29, 1.82) is 0 Å². The predicted octanol–water partition coefficient (Wildman–Crippen LogP) is 3.76. The van der Waals surface area contributed by atoms with Gasteiger partial charge in [0.2, 0.25) is 0 Å². The van der Waals surface area contributed by atoms with Crippen molar-refractivity contribution in [2.24, 2.45) is 0 Å². The Hall–Kier alpha value is -2.04. The molecule has 0 aliphatic rings. The van der Waals surface area contributed by atoms with Crippen molar-refractivity contribution in [1.82, 2.24) is 9.97 Å². The van der Waals surface area contributed by atoms with Crippen molar-refractivity contribution in [3.05, 3.63) is 35.5 Å². The maximum atomic E-state index is 5.35. The molecule has 2 heterocycles. The smallest absolute Gasteiger partial charge is 0.135 e. The summed E-state index contributed by atoms with van der Waals surface area (Å²) in [6, 6.07) is 3.84. The molecule has 114 valence electrons. The third kappa shape index (κ3) is 4.21. The normalized spacial score (nSPS) is 10.6. The van der Waals surface area contributed by atoms with E-state index in [9.17, 15) is 0 Å². The SMILES string of the molecule is CCCNc1nc(CCC)nc(NCc2ccco2)c1C. The Balaban J connectivity index is 2.18. The Bertz CT molecular complexity index is 552. The van der Waals surface area contributed by atoms with Crippen LogP contribution >= 0.6 is 0 Å². The van der Waals surface area contributed by atoms with Gasteiger partial charge in [0.1, 0.15) is 23.2 Å². The monoisotopic (exact) mass is 288 g/mol. The highest BCUT2D eigenvalue weighted by atomic mass is 16.3. The van der Waals surface area contributed by atoms with E-state index in [0.717, 1.165) is 54.6 Å². The summed E-state index contributed by atoms with van der Waals surface area (Å²) in [5.74, 6) is 3.58. The fourth-order valence-electron chi connectivity index (χ4n) is 2.07. The van der Waals surface area contributed by atoms with Gasteiger partial charge in [0.15, 0.2) is 0 Å². The molecule has 0 aliphatic heterocycles. The average Bonchev–Trinajstić information content (AvgIpc) is 2.99. The van der Waals surface area contributed by atoms with E-state index in [-0.39, 0.29) is 0 Å². The Labute approximate surface area is 126 Å². The standard InChI is InChI=1S/C16H24N4O/c1-4-7-14-19-15(17-9-5-2)12(3)16(20-14)18-11-13-8-6-10-21-13/h6,8,10H,4-5,7,9,11H2,1-3H3,(H2,17,18,19,20). The second-order valence-corrected chi connectivity index (χ2v) is 5.07.